The van der Waals surface area contributed by atoms with Crippen LogP contribution in [0.4, 0.5) is 0 Å². The van der Waals surface area contributed by atoms with E-state index >= 15 is 0 Å². The molecule has 2 aliphatic rings. The van der Waals surface area contributed by atoms with E-state index in [4.69, 9.17) is 14.2 Å². The molecule has 5 rings (SSSR count). The topological polar surface area (TPSA) is 96.2 Å². The molecule has 9 heteroatoms. The second kappa shape index (κ2) is 10.3. The third-order valence-electron chi connectivity index (χ3n) is 6.29. The summed E-state index contributed by atoms with van der Waals surface area (Å²) in [6, 6.07) is 13.7. The number of ether oxygens (including phenoxy) is 3. The maximum absolute atomic E-state index is 13.8. The molecule has 1 aromatic heterocycles. The van der Waals surface area contributed by atoms with Gasteiger partial charge in [0.2, 0.25) is 0 Å². The maximum Gasteiger partial charge on any atom is 0.338 e. The van der Waals surface area contributed by atoms with Crippen molar-refractivity contribution in [3.8, 4) is 11.5 Å². The standard InChI is InChI=1S/C29H26N2O6S/c1-5-35-28(34)25-16(2)30-29-31(26(25)19-10-12-22(13-11-19)37-18(4)32)27(33)24(38-29)15-21-14-20-8-6-7-9-23(20)36-17(21)3/h6-15,17,26H,5H2,1-4H3/b24-15+/t17-,26+/m0/s1. The van der Waals surface area contributed by atoms with Crippen LogP contribution in [0.1, 0.15) is 44.9 Å². The highest BCUT2D eigenvalue weighted by Gasteiger charge is 2.33. The van der Waals surface area contributed by atoms with Crippen molar-refractivity contribution in [2.45, 2.75) is 39.8 Å². The molecule has 2 aromatic carbocycles. The first kappa shape index (κ1) is 25.4. The van der Waals surface area contributed by atoms with E-state index in [0.717, 1.165) is 16.9 Å². The molecule has 0 N–H and O–H groups in total. The maximum atomic E-state index is 13.8. The van der Waals surface area contributed by atoms with Crippen LogP contribution in [0.3, 0.4) is 0 Å². The fourth-order valence-corrected chi connectivity index (χ4v) is 5.61. The average molecular weight is 531 g/mol. The van der Waals surface area contributed by atoms with Crippen molar-refractivity contribution >= 4 is 35.4 Å². The minimum Gasteiger partial charge on any atom is -0.485 e. The molecule has 0 saturated carbocycles. The summed E-state index contributed by atoms with van der Waals surface area (Å²) in [7, 11) is 0. The van der Waals surface area contributed by atoms with E-state index in [9.17, 15) is 14.4 Å². The van der Waals surface area contributed by atoms with Gasteiger partial charge in [0.1, 0.15) is 17.6 Å². The third-order valence-corrected chi connectivity index (χ3v) is 7.27. The molecule has 0 bridgehead atoms. The van der Waals surface area contributed by atoms with Gasteiger partial charge in [0.25, 0.3) is 5.56 Å². The number of rotatable bonds is 5. The van der Waals surface area contributed by atoms with Crippen molar-refractivity contribution in [1.82, 2.24) is 4.57 Å². The lowest BCUT2D eigenvalue weighted by molar-refractivity contribution is -0.139. The zero-order valence-corrected chi connectivity index (χ0v) is 22.2. The minimum absolute atomic E-state index is 0.186. The Bertz CT molecular complexity index is 1680. The molecule has 2 atom stereocenters. The Morgan fingerprint density at radius 2 is 1.89 bits per heavy atom. The molecule has 8 nitrogen and oxygen atoms in total. The largest absolute Gasteiger partial charge is 0.485 e. The summed E-state index contributed by atoms with van der Waals surface area (Å²) in [6.07, 6.45) is 3.60. The highest BCUT2D eigenvalue weighted by molar-refractivity contribution is 7.07. The number of allylic oxidation sites excluding steroid dienone is 1. The molecular weight excluding hydrogens is 504 g/mol. The number of carbonyl (C=O) groups excluding carboxylic acids is 2. The number of nitrogens with zero attached hydrogens (tertiary/aromatic N) is 2. The Labute approximate surface area is 222 Å². The monoisotopic (exact) mass is 530 g/mol. The summed E-state index contributed by atoms with van der Waals surface area (Å²) in [6.45, 7) is 6.91. The predicted octanol–water partition coefficient (Wildman–Crippen LogP) is 3.54. The Morgan fingerprint density at radius 3 is 2.61 bits per heavy atom. The molecule has 0 amide bonds. The number of hydrogen-bond donors (Lipinski definition) is 0. The van der Waals surface area contributed by atoms with Crippen molar-refractivity contribution in [3.63, 3.8) is 0 Å². The van der Waals surface area contributed by atoms with Crippen LogP contribution in [0, 0.1) is 0 Å². The highest BCUT2D eigenvalue weighted by atomic mass is 32.1. The first-order chi connectivity index (χ1) is 18.3. The van der Waals surface area contributed by atoms with Gasteiger partial charge >= 0.3 is 11.9 Å². The van der Waals surface area contributed by atoms with Gasteiger partial charge in [0.15, 0.2) is 4.80 Å². The Kier molecular flexibility index (Phi) is 6.86. The number of esters is 2. The lowest BCUT2D eigenvalue weighted by Gasteiger charge is -2.24. The molecule has 0 saturated heterocycles. The molecule has 0 unspecified atom stereocenters. The number of para-hydroxylation sites is 1. The fraction of sp³-hybridized carbons (Fsp3) is 0.241. The van der Waals surface area contributed by atoms with Gasteiger partial charge in [0.05, 0.1) is 28.5 Å². The molecule has 0 radical (unpaired) electrons. The normalized spacial score (nSPS) is 18.5. The lowest BCUT2D eigenvalue weighted by Crippen LogP contribution is -2.40. The van der Waals surface area contributed by atoms with Crippen LogP contribution in [-0.4, -0.2) is 29.2 Å². The van der Waals surface area contributed by atoms with Gasteiger partial charge in [-0.1, -0.05) is 41.7 Å². The second-order valence-corrected chi connectivity index (χ2v) is 9.92. The van der Waals surface area contributed by atoms with Gasteiger partial charge in [-0.25, -0.2) is 9.79 Å². The van der Waals surface area contributed by atoms with Gasteiger partial charge in [-0.3, -0.25) is 14.2 Å². The number of thiazole rings is 1. The first-order valence-electron chi connectivity index (χ1n) is 12.2. The van der Waals surface area contributed by atoms with Gasteiger partial charge in [-0.2, -0.15) is 0 Å². The van der Waals surface area contributed by atoms with Gasteiger partial charge in [0, 0.05) is 12.5 Å². The third kappa shape index (κ3) is 4.72. The van der Waals surface area contributed by atoms with E-state index in [1.807, 2.05) is 43.3 Å². The number of benzene rings is 2. The molecule has 0 aliphatic carbocycles. The molecule has 3 heterocycles. The van der Waals surface area contributed by atoms with E-state index in [1.54, 1.807) is 38.1 Å². The zero-order valence-electron chi connectivity index (χ0n) is 21.4. The Morgan fingerprint density at radius 1 is 1.16 bits per heavy atom. The number of carbonyl (C=O) groups is 2. The molecule has 38 heavy (non-hydrogen) atoms. The SMILES string of the molecule is CCOC(=O)C1=C(C)N=c2s/c(=C/C3=Cc4ccccc4O[C@H]3C)c(=O)n2[C@@H]1c1ccc(OC(C)=O)cc1. The summed E-state index contributed by atoms with van der Waals surface area (Å²) in [5.41, 5.74) is 2.95. The van der Waals surface area contributed by atoms with E-state index in [2.05, 4.69) is 4.99 Å². The van der Waals surface area contributed by atoms with Crippen LogP contribution in [0.5, 0.6) is 11.5 Å². The predicted molar refractivity (Wildman–Crippen MR) is 144 cm³/mol. The smallest absolute Gasteiger partial charge is 0.338 e. The number of hydrogen-bond acceptors (Lipinski definition) is 8. The summed E-state index contributed by atoms with van der Waals surface area (Å²) in [5, 5.41) is 0. The van der Waals surface area contributed by atoms with Crippen LogP contribution in [0.25, 0.3) is 12.2 Å². The van der Waals surface area contributed by atoms with Crippen molar-refractivity contribution in [1.29, 1.82) is 0 Å². The van der Waals surface area contributed by atoms with Gasteiger partial charge < -0.3 is 14.2 Å². The molecule has 3 aromatic rings. The van der Waals surface area contributed by atoms with Crippen LogP contribution in [-0.2, 0) is 14.3 Å². The quantitative estimate of drug-likeness (QED) is 0.370. The lowest BCUT2D eigenvalue weighted by atomic mass is 9.96. The van der Waals surface area contributed by atoms with E-state index in [0.29, 0.717) is 26.3 Å². The van der Waals surface area contributed by atoms with Crippen LogP contribution in [0.2, 0.25) is 0 Å². The Hall–Kier alpha value is -4.24. The summed E-state index contributed by atoms with van der Waals surface area (Å²) >= 11 is 1.26. The Balaban J connectivity index is 1.66. The van der Waals surface area contributed by atoms with Crippen LogP contribution in [0.15, 0.2) is 75.2 Å². The fourth-order valence-electron chi connectivity index (χ4n) is 4.56. The van der Waals surface area contributed by atoms with Crippen LogP contribution >= 0.6 is 11.3 Å². The number of aromatic nitrogens is 1. The van der Waals surface area contributed by atoms with Crippen molar-refractivity contribution in [2.75, 3.05) is 6.61 Å². The molecule has 2 aliphatic heterocycles. The first-order valence-corrected chi connectivity index (χ1v) is 13.0. The van der Waals surface area contributed by atoms with Gasteiger partial charge in [-0.05, 0) is 62.3 Å². The molecule has 0 spiro atoms. The zero-order chi connectivity index (χ0) is 27.0. The van der Waals surface area contributed by atoms with E-state index in [1.165, 1.54) is 22.8 Å². The second-order valence-electron chi connectivity index (χ2n) is 8.91. The summed E-state index contributed by atoms with van der Waals surface area (Å²) in [4.78, 5) is 43.3. The number of fused-ring (bicyclic) bond motifs is 2. The summed E-state index contributed by atoms with van der Waals surface area (Å²) < 4.78 is 18.5. The van der Waals surface area contributed by atoms with Crippen LogP contribution < -0.4 is 24.4 Å². The van der Waals surface area contributed by atoms with E-state index < -0.39 is 18.0 Å². The van der Waals surface area contributed by atoms with Crippen molar-refractivity contribution < 1.29 is 23.8 Å². The minimum atomic E-state index is -0.756. The molecular formula is C29H26N2O6S. The highest BCUT2D eigenvalue weighted by Crippen LogP contribution is 2.32. The molecule has 0 fully saturated rings. The van der Waals surface area contributed by atoms with Crippen molar-refractivity contribution in [2.24, 2.45) is 4.99 Å². The summed E-state index contributed by atoms with van der Waals surface area (Å²) in [5.74, 6) is 0.188. The average Bonchev–Trinajstić information content (AvgIpc) is 3.18. The molecule has 194 valence electrons. The van der Waals surface area contributed by atoms with Crippen molar-refractivity contribution in [3.05, 3.63) is 96.2 Å². The van der Waals surface area contributed by atoms with Gasteiger partial charge in [-0.15, -0.1) is 0 Å². The van der Waals surface area contributed by atoms with E-state index in [-0.39, 0.29) is 23.8 Å².